The van der Waals surface area contributed by atoms with Crippen LogP contribution in [0.1, 0.15) is 19.3 Å². The zero-order chi connectivity index (χ0) is 11.4. The smallest absolute Gasteiger partial charge is 0.129 e. The van der Waals surface area contributed by atoms with Crippen LogP contribution in [0.5, 0.6) is 0 Å². The van der Waals surface area contributed by atoms with Crippen LogP contribution in [0.3, 0.4) is 0 Å². The standard InChI is InChI=1S/C12H21NO3/c1-15-7-5-13(11-2-3-11)8-12(9-14)4-6-16-10-12/h9,11H,2-8,10H2,1H3. The number of carbonyl (C=O) groups is 1. The highest BCUT2D eigenvalue weighted by molar-refractivity contribution is 5.60. The summed E-state index contributed by atoms with van der Waals surface area (Å²) in [5, 5.41) is 0. The molecule has 2 aliphatic rings. The lowest BCUT2D eigenvalue weighted by Gasteiger charge is -2.30. The minimum absolute atomic E-state index is 0.254. The maximum absolute atomic E-state index is 11.2. The van der Waals surface area contributed by atoms with E-state index < -0.39 is 0 Å². The fourth-order valence-electron chi connectivity index (χ4n) is 2.32. The largest absolute Gasteiger partial charge is 0.383 e. The van der Waals surface area contributed by atoms with E-state index in [4.69, 9.17) is 9.47 Å². The third kappa shape index (κ3) is 2.81. The van der Waals surface area contributed by atoms with Crippen molar-refractivity contribution in [2.75, 3.05) is 40.0 Å². The molecule has 1 unspecified atom stereocenters. The number of carbonyl (C=O) groups excluding carboxylic acids is 1. The Morgan fingerprint density at radius 3 is 2.88 bits per heavy atom. The number of methoxy groups -OCH3 is 1. The van der Waals surface area contributed by atoms with E-state index in [0.29, 0.717) is 12.6 Å². The Morgan fingerprint density at radius 1 is 1.56 bits per heavy atom. The van der Waals surface area contributed by atoms with Gasteiger partial charge in [-0.25, -0.2) is 0 Å². The zero-order valence-corrected chi connectivity index (χ0v) is 9.98. The molecule has 1 atom stereocenters. The van der Waals surface area contributed by atoms with Gasteiger partial charge in [0.2, 0.25) is 0 Å². The molecule has 0 N–H and O–H groups in total. The van der Waals surface area contributed by atoms with Gasteiger partial charge in [0, 0.05) is 32.8 Å². The molecule has 0 aromatic heterocycles. The van der Waals surface area contributed by atoms with Gasteiger partial charge in [-0.05, 0) is 19.3 Å². The molecule has 1 saturated carbocycles. The Hall–Kier alpha value is -0.450. The van der Waals surface area contributed by atoms with Gasteiger partial charge in [-0.3, -0.25) is 4.90 Å². The van der Waals surface area contributed by atoms with E-state index >= 15 is 0 Å². The summed E-state index contributed by atoms with van der Waals surface area (Å²) in [5.74, 6) is 0. The molecular formula is C12H21NO3. The summed E-state index contributed by atoms with van der Waals surface area (Å²) in [5.41, 5.74) is -0.254. The minimum Gasteiger partial charge on any atom is -0.383 e. The number of ether oxygens (including phenoxy) is 2. The van der Waals surface area contributed by atoms with Gasteiger partial charge in [-0.2, -0.15) is 0 Å². The molecule has 1 saturated heterocycles. The van der Waals surface area contributed by atoms with Crippen molar-refractivity contribution < 1.29 is 14.3 Å². The summed E-state index contributed by atoms with van der Waals surface area (Å²) in [7, 11) is 1.72. The van der Waals surface area contributed by atoms with Crippen LogP contribution in [0.25, 0.3) is 0 Å². The number of hydrogen-bond acceptors (Lipinski definition) is 4. The van der Waals surface area contributed by atoms with Gasteiger partial charge in [0.05, 0.1) is 18.6 Å². The zero-order valence-electron chi connectivity index (χ0n) is 9.98. The fraction of sp³-hybridized carbons (Fsp3) is 0.917. The summed E-state index contributed by atoms with van der Waals surface area (Å²) in [6.07, 6.45) is 4.49. The van der Waals surface area contributed by atoms with Crippen molar-refractivity contribution in [1.82, 2.24) is 4.90 Å². The monoisotopic (exact) mass is 227 g/mol. The molecule has 1 aliphatic carbocycles. The van der Waals surface area contributed by atoms with Crippen LogP contribution in [-0.2, 0) is 14.3 Å². The minimum atomic E-state index is -0.254. The van der Waals surface area contributed by atoms with Crippen molar-refractivity contribution in [3.63, 3.8) is 0 Å². The first-order chi connectivity index (χ1) is 7.79. The second-order valence-corrected chi connectivity index (χ2v) is 4.98. The first-order valence-corrected chi connectivity index (χ1v) is 6.07. The van der Waals surface area contributed by atoms with Crippen LogP contribution < -0.4 is 0 Å². The summed E-state index contributed by atoms with van der Waals surface area (Å²) < 4.78 is 10.5. The van der Waals surface area contributed by atoms with Gasteiger partial charge in [0.1, 0.15) is 6.29 Å². The van der Waals surface area contributed by atoms with E-state index in [2.05, 4.69) is 4.90 Å². The van der Waals surface area contributed by atoms with E-state index in [0.717, 1.165) is 39.0 Å². The molecule has 2 fully saturated rings. The number of aldehydes is 1. The van der Waals surface area contributed by atoms with E-state index in [1.807, 2.05) is 0 Å². The molecular weight excluding hydrogens is 206 g/mol. The topological polar surface area (TPSA) is 38.8 Å². The molecule has 16 heavy (non-hydrogen) atoms. The van der Waals surface area contributed by atoms with E-state index in [-0.39, 0.29) is 5.41 Å². The lowest BCUT2D eigenvalue weighted by Crippen LogP contribution is -2.42. The molecule has 4 nitrogen and oxygen atoms in total. The number of hydrogen-bond donors (Lipinski definition) is 0. The molecule has 0 radical (unpaired) electrons. The predicted molar refractivity (Wildman–Crippen MR) is 60.4 cm³/mol. The van der Waals surface area contributed by atoms with Crippen molar-refractivity contribution in [1.29, 1.82) is 0 Å². The fourth-order valence-corrected chi connectivity index (χ4v) is 2.32. The third-order valence-electron chi connectivity index (χ3n) is 3.55. The average Bonchev–Trinajstić information content (AvgIpc) is 3.05. The molecule has 0 aromatic rings. The van der Waals surface area contributed by atoms with Crippen LogP contribution in [0.4, 0.5) is 0 Å². The maximum atomic E-state index is 11.2. The lowest BCUT2D eigenvalue weighted by molar-refractivity contribution is -0.117. The summed E-state index contributed by atoms with van der Waals surface area (Å²) in [6.45, 7) is 3.82. The summed E-state index contributed by atoms with van der Waals surface area (Å²) in [6, 6.07) is 0.674. The Bertz CT molecular complexity index is 234. The highest BCUT2D eigenvalue weighted by Crippen LogP contribution is 2.33. The average molecular weight is 227 g/mol. The Morgan fingerprint density at radius 2 is 2.38 bits per heavy atom. The van der Waals surface area contributed by atoms with Gasteiger partial charge in [-0.1, -0.05) is 0 Å². The first kappa shape index (κ1) is 12.0. The van der Waals surface area contributed by atoms with Crippen molar-refractivity contribution in [2.45, 2.75) is 25.3 Å². The molecule has 2 rings (SSSR count). The predicted octanol–water partition coefficient (Wildman–Crippen LogP) is 0.703. The summed E-state index contributed by atoms with van der Waals surface area (Å²) in [4.78, 5) is 13.6. The normalized spacial score (nSPS) is 29.9. The first-order valence-electron chi connectivity index (χ1n) is 6.07. The van der Waals surface area contributed by atoms with Gasteiger partial charge in [0.15, 0.2) is 0 Å². The SMILES string of the molecule is COCCN(CC1(C=O)CCOC1)C1CC1. The van der Waals surface area contributed by atoms with E-state index in [1.165, 1.54) is 12.8 Å². The van der Waals surface area contributed by atoms with Crippen LogP contribution in [0.15, 0.2) is 0 Å². The Balaban J connectivity index is 1.90. The number of nitrogens with zero attached hydrogens (tertiary/aromatic N) is 1. The quantitative estimate of drug-likeness (QED) is 0.600. The van der Waals surface area contributed by atoms with Crippen molar-refractivity contribution in [3.8, 4) is 0 Å². The Labute approximate surface area is 96.9 Å². The molecule has 0 bridgehead atoms. The van der Waals surface area contributed by atoms with Crippen molar-refractivity contribution in [3.05, 3.63) is 0 Å². The van der Waals surface area contributed by atoms with Crippen molar-refractivity contribution in [2.24, 2.45) is 5.41 Å². The van der Waals surface area contributed by atoms with E-state index in [9.17, 15) is 4.79 Å². The second-order valence-electron chi connectivity index (χ2n) is 4.98. The van der Waals surface area contributed by atoms with Crippen molar-refractivity contribution >= 4 is 6.29 Å². The maximum Gasteiger partial charge on any atom is 0.129 e. The second kappa shape index (κ2) is 5.25. The molecule has 0 aromatic carbocycles. The highest BCUT2D eigenvalue weighted by Gasteiger charge is 2.40. The van der Waals surface area contributed by atoms with Gasteiger partial charge >= 0.3 is 0 Å². The van der Waals surface area contributed by atoms with E-state index in [1.54, 1.807) is 7.11 Å². The molecule has 0 amide bonds. The Kier molecular flexibility index (Phi) is 3.95. The van der Waals surface area contributed by atoms with Gasteiger partial charge in [-0.15, -0.1) is 0 Å². The summed E-state index contributed by atoms with van der Waals surface area (Å²) >= 11 is 0. The molecule has 0 spiro atoms. The van der Waals surface area contributed by atoms with Gasteiger partial charge in [0.25, 0.3) is 0 Å². The molecule has 92 valence electrons. The lowest BCUT2D eigenvalue weighted by atomic mass is 9.88. The van der Waals surface area contributed by atoms with Crippen LogP contribution in [0, 0.1) is 5.41 Å². The van der Waals surface area contributed by atoms with Crippen LogP contribution in [0.2, 0.25) is 0 Å². The molecule has 1 heterocycles. The highest BCUT2D eigenvalue weighted by atomic mass is 16.5. The molecule has 4 heteroatoms. The molecule has 1 aliphatic heterocycles. The number of rotatable bonds is 7. The van der Waals surface area contributed by atoms with Gasteiger partial charge < -0.3 is 14.3 Å². The van der Waals surface area contributed by atoms with Crippen LogP contribution in [-0.4, -0.2) is 57.2 Å². The third-order valence-corrected chi connectivity index (χ3v) is 3.55. The van der Waals surface area contributed by atoms with Crippen LogP contribution >= 0.6 is 0 Å².